The molecule has 20 heavy (non-hydrogen) atoms. The van der Waals surface area contributed by atoms with E-state index in [0.29, 0.717) is 0 Å². The van der Waals surface area contributed by atoms with E-state index in [9.17, 15) is 0 Å². The largest absolute Gasteiger partial charge is 0.497 e. The van der Waals surface area contributed by atoms with Gasteiger partial charge in [0, 0.05) is 11.1 Å². The molecule has 2 aromatic rings. The van der Waals surface area contributed by atoms with Crippen LogP contribution >= 0.6 is 11.6 Å². The Labute approximate surface area is 125 Å². The van der Waals surface area contributed by atoms with Crippen molar-refractivity contribution in [1.29, 1.82) is 0 Å². The van der Waals surface area contributed by atoms with E-state index in [0.717, 1.165) is 29.2 Å². The normalized spacial score (nSPS) is 12.2. The third-order valence-electron chi connectivity index (χ3n) is 3.53. The Bertz CT molecular complexity index is 566. The van der Waals surface area contributed by atoms with Gasteiger partial charge in [-0.3, -0.25) is 0 Å². The predicted octanol–water partition coefficient (Wildman–Crippen LogP) is 4.29. The second-order valence-electron chi connectivity index (χ2n) is 4.99. The number of hydrogen-bond acceptors (Lipinski definition) is 2. The summed E-state index contributed by atoms with van der Waals surface area (Å²) in [4.78, 5) is 0. The number of hydrogen-bond donors (Lipinski definition) is 1. The fourth-order valence-corrected chi connectivity index (χ4v) is 2.55. The van der Waals surface area contributed by atoms with Crippen molar-refractivity contribution < 1.29 is 4.74 Å². The maximum absolute atomic E-state index is 6.28. The van der Waals surface area contributed by atoms with Gasteiger partial charge < -0.3 is 10.5 Å². The summed E-state index contributed by atoms with van der Waals surface area (Å²) < 4.78 is 5.15. The molecule has 2 aromatic carbocycles. The number of methoxy groups -OCH3 is 1. The van der Waals surface area contributed by atoms with Crippen molar-refractivity contribution in [3.05, 3.63) is 64.2 Å². The zero-order valence-electron chi connectivity index (χ0n) is 11.9. The molecule has 0 bridgehead atoms. The monoisotopic (exact) mass is 289 g/mol. The fourth-order valence-electron chi connectivity index (χ4n) is 2.33. The lowest BCUT2D eigenvalue weighted by molar-refractivity contribution is 0.414. The van der Waals surface area contributed by atoms with Gasteiger partial charge in [-0.1, -0.05) is 29.8 Å². The molecule has 1 unspecified atom stereocenters. The number of nitrogens with two attached hydrogens (primary N) is 1. The highest BCUT2D eigenvalue weighted by molar-refractivity contribution is 6.30. The average Bonchev–Trinajstić information content (AvgIpc) is 2.45. The van der Waals surface area contributed by atoms with Crippen molar-refractivity contribution in [1.82, 2.24) is 0 Å². The van der Waals surface area contributed by atoms with Gasteiger partial charge in [-0.25, -0.2) is 0 Å². The molecule has 2 rings (SSSR count). The van der Waals surface area contributed by atoms with E-state index >= 15 is 0 Å². The molecule has 0 fully saturated rings. The van der Waals surface area contributed by atoms with Gasteiger partial charge in [0.1, 0.15) is 5.75 Å². The molecule has 0 aliphatic heterocycles. The predicted molar refractivity (Wildman–Crippen MR) is 84.4 cm³/mol. The van der Waals surface area contributed by atoms with Crippen LogP contribution in [0.3, 0.4) is 0 Å². The molecule has 3 heteroatoms. The molecule has 0 aromatic heterocycles. The summed E-state index contributed by atoms with van der Waals surface area (Å²) >= 11 is 5.97. The zero-order chi connectivity index (χ0) is 14.5. The fraction of sp³-hybridized carbons (Fsp3) is 0.294. The Morgan fingerprint density at radius 1 is 1.15 bits per heavy atom. The first-order valence-corrected chi connectivity index (χ1v) is 7.12. The van der Waals surface area contributed by atoms with Crippen LogP contribution in [0.1, 0.15) is 29.2 Å². The number of rotatable bonds is 5. The highest BCUT2D eigenvalue weighted by Gasteiger charge is 2.09. The van der Waals surface area contributed by atoms with Crippen LogP contribution in [0.4, 0.5) is 0 Å². The molecule has 0 amide bonds. The summed E-state index contributed by atoms with van der Waals surface area (Å²) in [6, 6.07) is 14.1. The first kappa shape index (κ1) is 14.9. The second-order valence-corrected chi connectivity index (χ2v) is 5.43. The van der Waals surface area contributed by atoms with Crippen molar-refractivity contribution >= 4 is 11.6 Å². The lowest BCUT2D eigenvalue weighted by atomic mass is 9.96. The molecule has 0 saturated heterocycles. The van der Waals surface area contributed by atoms with Gasteiger partial charge in [0.25, 0.3) is 0 Å². The summed E-state index contributed by atoms with van der Waals surface area (Å²) in [5.41, 5.74) is 9.88. The number of benzene rings is 2. The van der Waals surface area contributed by atoms with Gasteiger partial charge in [-0.2, -0.15) is 0 Å². The first-order valence-electron chi connectivity index (χ1n) is 6.74. The Morgan fingerprint density at radius 3 is 2.45 bits per heavy atom. The molecule has 2 N–H and O–H groups in total. The standard InChI is InChI=1S/C17H20ClNO/c1-12-11-14(18)6-9-16(12)17(19)10-5-13-3-7-15(20-2)8-4-13/h3-4,6-9,11,17H,5,10,19H2,1-2H3. The summed E-state index contributed by atoms with van der Waals surface area (Å²) in [5, 5.41) is 0.758. The molecule has 1 atom stereocenters. The minimum Gasteiger partial charge on any atom is -0.497 e. The van der Waals surface area contributed by atoms with Crippen molar-refractivity contribution in [3.8, 4) is 5.75 Å². The summed E-state index contributed by atoms with van der Waals surface area (Å²) in [6.07, 6.45) is 1.86. The second kappa shape index (κ2) is 6.78. The van der Waals surface area contributed by atoms with E-state index in [1.807, 2.05) is 30.3 Å². The summed E-state index contributed by atoms with van der Waals surface area (Å²) in [5.74, 6) is 0.881. The van der Waals surface area contributed by atoms with Gasteiger partial charge in [-0.15, -0.1) is 0 Å². The Kier molecular flexibility index (Phi) is 5.05. The van der Waals surface area contributed by atoms with Crippen LogP contribution in [0.5, 0.6) is 5.75 Å². The highest BCUT2D eigenvalue weighted by atomic mass is 35.5. The Balaban J connectivity index is 1.98. The minimum atomic E-state index is 0.0365. The first-order chi connectivity index (χ1) is 9.60. The van der Waals surface area contributed by atoms with Gasteiger partial charge in [0.15, 0.2) is 0 Å². The van der Waals surface area contributed by atoms with Gasteiger partial charge in [0.2, 0.25) is 0 Å². The molecule has 0 aliphatic rings. The van der Waals surface area contributed by atoms with E-state index in [-0.39, 0.29) is 6.04 Å². The lowest BCUT2D eigenvalue weighted by Crippen LogP contribution is -2.12. The molecule has 0 heterocycles. The Morgan fingerprint density at radius 2 is 1.85 bits per heavy atom. The Hall–Kier alpha value is -1.51. The van der Waals surface area contributed by atoms with Crippen molar-refractivity contribution in [2.75, 3.05) is 7.11 Å². The van der Waals surface area contributed by atoms with E-state index in [4.69, 9.17) is 22.1 Å². The molecular weight excluding hydrogens is 270 g/mol. The average molecular weight is 290 g/mol. The van der Waals surface area contributed by atoms with Crippen molar-refractivity contribution in [2.45, 2.75) is 25.8 Å². The van der Waals surface area contributed by atoms with Crippen LogP contribution in [0.2, 0.25) is 5.02 Å². The molecule has 0 radical (unpaired) electrons. The van der Waals surface area contributed by atoms with E-state index in [1.54, 1.807) is 7.11 Å². The van der Waals surface area contributed by atoms with Gasteiger partial charge >= 0.3 is 0 Å². The van der Waals surface area contributed by atoms with Gasteiger partial charge in [-0.05, 0) is 60.7 Å². The third kappa shape index (κ3) is 3.75. The molecular formula is C17H20ClNO. The summed E-state index contributed by atoms with van der Waals surface area (Å²) in [7, 11) is 1.67. The summed E-state index contributed by atoms with van der Waals surface area (Å²) in [6.45, 7) is 2.05. The third-order valence-corrected chi connectivity index (χ3v) is 3.77. The maximum Gasteiger partial charge on any atom is 0.118 e. The molecule has 0 spiro atoms. The van der Waals surface area contributed by atoms with Crippen LogP contribution < -0.4 is 10.5 Å². The van der Waals surface area contributed by atoms with Crippen LogP contribution in [0.25, 0.3) is 0 Å². The van der Waals surface area contributed by atoms with Crippen LogP contribution in [-0.4, -0.2) is 7.11 Å². The lowest BCUT2D eigenvalue weighted by Gasteiger charge is -2.15. The van der Waals surface area contributed by atoms with Crippen LogP contribution in [-0.2, 0) is 6.42 Å². The molecule has 0 aliphatic carbocycles. The van der Waals surface area contributed by atoms with Crippen molar-refractivity contribution in [2.24, 2.45) is 5.73 Å². The SMILES string of the molecule is COc1ccc(CCC(N)c2ccc(Cl)cc2C)cc1. The van der Waals surface area contributed by atoms with Crippen LogP contribution in [0, 0.1) is 6.92 Å². The van der Waals surface area contributed by atoms with Gasteiger partial charge in [0.05, 0.1) is 7.11 Å². The van der Waals surface area contributed by atoms with E-state index < -0.39 is 0 Å². The number of ether oxygens (including phenoxy) is 1. The minimum absolute atomic E-state index is 0.0365. The molecule has 2 nitrogen and oxygen atoms in total. The number of aryl methyl sites for hydroxylation is 2. The maximum atomic E-state index is 6.28. The topological polar surface area (TPSA) is 35.2 Å². The molecule has 106 valence electrons. The molecule has 0 saturated carbocycles. The smallest absolute Gasteiger partial charge is 0.118 e. The zero-order valence-corrected chi connectivity index (χ0v) is 12.7. The number of halogens is 1. The van der Waals surface area contributed by atoms with E-state index in [1.165, 1.54) is 11.1 Å². The van der Waals surface area contributed by atoms with Crippen molar-refractivity contribution in [3.63, 3.8) is 0 Å². The van der Waals surface area contributed by atoms with E-state index in [2.05, 4.69) is 19.1 Å². The van der Waals surface area contributed by atoms with Crippen LogP contribution in [0.15, 0.2) is 42.5 Å². The quantitative estimate of drug-likeness (QED) is 0.891. The highest BCUT2D eigenvalue weighted by Crippen LogP contribution is 2.23.